The van der Waals surface area contributed by atoms with Gasteiger partial charge in [0.25, 0.3) is 5.56 Å². The molecular formula is C8H12N2O5. The summed E-state index contributed by atoms with van der Waals surface area (Å²) in [6, 6.07) is 0. The SMILES string of the molecule is O=c1[nH]cc(C(O)C(O)CCO)c(=O)[nH]1. The molecule has 2 atom stereocenters. The summed E-state index contributed by atoms with van der Waals surface area (Å²) in [7, 11) is 0. The molecule has 1 aromatic rings. The van der Waals surface area contributed by atoms with Crippen LogP contribution in [0, 0.1) is 0 Å². The molecule has 15 heavy (non-hydrogen) atoms. The van der Waals surface area contributed by atoms with Gasteiger partial charge in [0.15, 0.2) is 0 Å². The highest BCUT2D eigenvalue weighted by atomic mass is 16.3. The zero-order valence-electron chi connectivity index (χ0n) is 7.80. The molecule has 0 aliphatic rings. The Kier molecular flexibility index (Phi) is 3.78. The lowest BCUT2D eigenvalue weighted by Crippen LogP contribution is -2.30. The Labute approximate surface area is 84.0 Å². The average molecular weight is 216 g/mol. The van der Waals surface area contributed by atoms with Crippen molar-refractivity contribution in [2.24, 2.45) is 0 Å². The zero-order valence-corrected chi connectivity index (χ0v) is 7.80. The van der Waals surface area contributed by atoms with Crippen molar-refractivity contribution in [3.8, 4) is 0 Å². The van der Waals surface area contributed by atoms with Crippen LogP contribution in [0.3, 0.4) is 0 Å². The van der Waals surface area contributed by atoms with Crippen LogP contribution in [0.25, 0.3) is 0 Å². The number of aromatic nitrogens is 2. The van der Waals surface area contributed by atoms with Crippen molar-refractivity contribution >= 4 is 0 Å². The molecule has 0 fully saturated rings. The van der Waals surface area contributed by atoms with E-state index >= 15 is 0 Å². The number of H-pyrrole nitrogens is 2. The van der Waals surface area contributed by atoms with Crippen LogP contribution in [0.4, 0.5) is 0 Å². The van der Waals surface area contributed by atoms with E-state index in [4.69, 9.17) is 5.11 Å². The summed E-state index contributed by atoms with van der Waals surface area (Å²) in [4.78, 5) is 25.9. The number of hydrogen-bond acceptors (Lipinski definition) is 5. The Morgan fingerprint density at radius 3 is 2.53 bits per heavy atom. The van der Waals surface area contributed by atoms with E-state index < -0.39 is 23.5 Å². The minimum absolute atomic E-state index is 0.0558. The highest BCUT2D eigenvalue weighted by Gasteiger charge is 2.20. The smallest absolute Gasteiger partial charge is 0.325 e. The van der Waals surface area contributed by atoms with Crippen LogP contribution >= 0.6 is 0 Å². The molecule has 0 aromatic carbocycles. The minimum atomic E-state index is -1.43. The number of aliphatic hydroxyl groups is 3. The molecule has 0 aliphatic heterocycles. The second-order valence-electron chi connectivity index (χ2n) is 3.05. The molecule has 0 spiro atoms. The molecule has 84 valence electrons. The van der Waals surface area contributed by atoms with Crippen molar-refractivity contribution in [2.75, 3.05) is 6.61 Å². The van der Waals surface area contributed by atoms with E-state index in [1.165, 1.54) is 0 Å². The molecule has 7 heteroatoms. The maximum atomic E-state index is 11.2. The lowest BCUT2D eigenvalue weighted by atomic mass is 10.1. The van der Waals surface area contributed by atoms with Crippen molar-refractivity contribution in [1.29, 1.82) is 0 Å². The molecule has 0 amide bonds. The molecule has 0 saturated carbocycles. The standard InChI is InChI=1S/C8H12N2O5/c11-2-1-5(12)6(13)4-3-9-8(15)10-7(4)14/h3,5-6,11-13H,1-2H2,(H2,9,10,14,15). The maximum Gasteiger partial charge on any atom is 0.325 e. The normalized spacial score (nSPS) is 14.9. The quantitative estimate of drug-likeness (QED) is 0.392. The molecule has 0 aliphatic carbocycles. The van der Waals surface area contributed by atoms with Crippen LogP contribution < -0.4 is 11.2 Å². The first kappa shape index (κ1) is 11.6. The molecule has 0 saturated heterocycles. The van der Waals surface area contributed by atoms with Gasteiger partial charge in [-0.3, -0.25) is 9.78 Å². The van der Waals surface area contributed by atoms with Gasteiger partial charge in [0.05, 0.1) is 11.7 Å². The molecule has 1 aromatic heterocycles. The third-order valence-corrected chi connectivity index (χ3v) is 1.96. The number of aromatic amines is 2. The highest BCUT2D eigenvalue weighted by Crippen LogP contribution is 2.13. The third-order valence-electron chi connectivity index (χ3n) is 1.96. The van der Waals surface area contributed by atoms with E-state index in [1.54, 1.807) is 0 Å². The van der Waals surface area contributed by atoms with E-state index in [1.807, 2.05) is 4.98 Å². The van der Waals surface area contributed by atoms with Gasteiger partial charge in [-0.1, -0.05) is 0 Å². The van der Waals surface area contributed by atoms with Gasteiger partial charge in [-0.2, -0.15) is 0 Å². The van der Waals surface area contributed by atoms with Gasteiger partial charge < -0.3 is 20.3 Å². The zero-order chi connectivity index (χ0) is 11.4. The van der Waals surface area contributed by atoms with E-state index in [0.717, 1.165) is 6.20 Å². The van der Waals surface area contributed by atoms with E-state index in [0.29, 0.717) is 0 Å². The lowest BCUT2D eigenvalue weighted by Gasteiger charge is -2.15. The van der Waals surface area contributed by atoms with Gasteiger partial charge in [-0.05, 0) is 6.42 Å². The van der Waals surface area contributed by atoms with Gasteiger partial charge in [0, 0.05) is 12.8 Å². The number of nitrogens with one attached hydrogen (secondary N) is 2. The maximum absolute atomic E-state index is 11.2. The summed E-state index contributed by atoms with van der Waals surface area (Å²) in [6.07, 6.45) is -1.70. The second kappa shape index (κ2) is 4.87. The van der Waals surface area contributed by atoms with Crippen molar-refractivity contribution in [2.45, 2.75) is 18.6 Å². The van der Waals surface area contributed by atoms with Gasteiger partial charge in [-0.25, -0.2) is 4.79 Å². The Morgan fingerprint density at radius 1 is 1.33 bits per heavy atom. The fraction of sp³-hybridized carbons (Fsp3) is 0.500. The van der Waals surface area contributed by atoms with Crippen molar-refractivity contribution in [3.63, 3.8) is 0 Å². The summed E-state index contributed by atoms with van der Waals surface area (Å²) < 4.78 is 0. The number of hydrogen-bond donors (Lipinski definition) is 5. The first-order valence-corrected chi connectivity index (χ1v) is 4.35. The van der Waals surface area contributed by atoms with Crippen LogP contribution in [-0.4, -0.2) is 38.0 Å². The fourth-order valence-electron chi connectivity index (χ4n) is 1.14. The first-order valence-electron chi connectivity index (χ1n) is 4.35. The summed E-state index contributed by atoms with van der Waals surface area (Å²) in [5, 5.41) is 27.3. The Morgan fingerprint density at radius 2 is 2.00 bits per heavy atom. The molecule has 2 unspecified atom stereocenters. The van der Waals surface area contributed by atoms with Crippen LogP contribution in [0.2, 0.25) is 0 Å². The number of rotatable bonds is 4. The molecule has 1 heterocycles. The summed E-state index contributed by atoms with van der Waals surface area (Å²) in [6.45, 7) is -0.306. The summed E-state index contributed by atoms with van der Waals surface area (Å²) >= 11 is 0. The van der Waals surface area contributed by atoms with E-state index in [-0.39, 0.29) is 18.6 Å². The Balaban J connectivity index is 2.96. The van der Waals surface area contributed by atoms with Crippen molar-refractivity contribution < 1.29 is 15.3 Å². The van der Waals surface area contributed by atoms with Gasteiger partial charge >= 0.3 is 5.69 Å². The van der Waals surface area contributed by atoms with Gasteiger partial charge in [-0.15, -0.1) is 0 Å². The van der Waals surface area contributed by atoms with Gasteiger partial charge in [0.2, 0.25) is 0 Å². The topological polar surface area (TPSA) is 126 Å². The molecule has 7 nitrogen and oxygen atoms in total. The summed E-state index contributed by atoms with van der Waals surface area (Å²) in [5.41, 5.74) is -1.59. The molecule has 0 bridgehead atoms. The van der Waals surface area contributed by atoms with E-state index in [2.05, 4.69) is 4.98 Å². The van der Waals surface area contributed by atoms with Crippen molar-refractivity contribution in [1.82, 2.24) is 9.97 Å². The van der Waals surface area contributed by atoms with Crippen molar-refractivity contribution in [3.05, 3.63) is 32.6 Å². The molecular weight excluding hydrogens is 204 g/mol. The van der Waals surface area contributed by atoms with E-state index in [9.17, 15) is 19.8 Å². The second-order valence-corrected chi connectivity index (χ2v) is 3.05. The number of aliphatic hydroxyl groups excluding tert-OH is 3. The minimum Gasteiger partial charge on any atom is -0.396 e. The van der Waals surface area contributed by atoms with Crippen LogP contribution in [0.15, 0.2) is 15.8 Å². The average Bonchev–Trinajstić information content (AvgIpc) is 2.17. The third kappa shape index (κ3) is 2.75. The Bertz CT molecular complexity index is 424. The van der Waals surface area contributed by atoms with Crippen LogP contribution in [-0.2, 0) is 0 Å². The monoisotopic (exact) mass is 216 g/mol. The highest BCUT2D eigenvalue weighted by molar-refractivity contribution is 5.08. The molecule has 1 rings (SSSR count). The lowest BCUT2D eigenvalue weighted by molar-refractivity contribution is 0.00322. The largest absolute Gasteiger partial charge is 0.396 e. The van der Waals surface area contributed by atoms with Gasteiger partial charge in [0.1, 0.15) is 6.10 Å². The Hall–Kier alpha value is -1.44. The fourth-order valence-corrected chi connectivity index (χ4v) is 1.14. The predicted octanol–water partition coefficient (Wildman–Crippen LogP) is -2.16. The molecule has 0 radical (unpaired) electrons. The summed E-state index contributed by atoms with van der Waals surface area (Å²) in [5.74, 6) is 0. The molecule has 5 N–H and O–H groups in total. The van der Waals surface area contributed by atoms with Crippen LogP contribution in [0.1, 0.15) is 18.1 Å². The predicted molar refractivity (Wildman–Crippen MR) is 50.4 cm³/mol. The first-order chi connectivity index (χ1) is 7.06. The van der Waals surface area contributed by atoms with Crippen LogP contribution in [0.5, 0.6) is 0 Å².